The van der Waals surface area contributed by atoms with E-state index in [-0.39, 0.29) is 11.8 Å². The van der Waals surface area contributed by atoms with Crippen LogP contribution in [0.2, 0.25) is 0 Å². The van der Waals surface area contributed by atoms with Gasteiger partial charge in [-0.05, 0) is 37.8 Å². The summed E-state index contributed by atoms with van der Waals surface area (Å²) in [6.07, 6.45) is 5.81. The molecule has 0 unspecified atom stereocenters. The number of hydrogen-bond acceptors (Lipinski definition) is 2. The monoisotopic (exact) mass is 297 g/mol. The summed E-state index contributed by atoms with van der Waals surface area (Å²) < 4.78 is 1.93. The molecule has 22 heavy (non-hydrogen) atoms. The van der Waals surface area contributed by atoms with Gasteiger partial charge in [0.25, 0.3) is 0 Å². The van der Waals surface area contributed by atoms with Crippen LogP contribution in [0.5, 0.6) is 0 Å². The lowest BCUT2D eigenvalue weighted by Gasteiger charge is -2.21. The first-order chi connectivity index (χ1) is 10.6. The van der Waals surface area contributed by atoms with Crippen LogP contribution in [0.1, 0.15) is 48.9 Å². The summed E-state index contributed by atoms with van der Waals surface area (Å²) in [5, 5.41) is 4.34. The van der Waals surface area contributed by atoms with Gasteiger partial charge >= 0.3 is 0 Å². The van der Waals surface area contributed by atoms with Crippen molar-refractivity contribution in [1.82, 2.24) is 14.7 Å². The molecule has 1 aromatic carbocycles. The third kappa shape index (κ3) is 2.78. The quantitative estimate of drug-likeness (QED) is 0.869. The van der Waals surface area contributed by atoms with Crippen LogP contribution in [0.15, 0.2) is 36.7 Å². The molecular weight excluding hydrogens is 274 g/mol. The van der Waals surface area contributed by atoms with Gasteiger partial charge < -0.3 is 4.90 Å². The molecule has 0 saturated carbocycles. The number of likely N-dealkylation sites (N-methyl/N-ethyl adjacent to an activating group) is 1. The van der Waals surface area contributed by atoms with Crippen LogP contribution in [0.25, 0.3) is 0 Å². The zero-order valence-electron chi connectivity index (χ0n) is 13.5. The zero-order valence-corrected chi connectivity index (χ0v) is 13.5. The van der Waals surface area contributed by atoms with Crippen molar-refractivity contribution in [1.29, 1.82) is 0 Å². The number of amides is 1. The van der Waals surface area contributed by atoms with E-state index in [1.54, 1.807) is 0 Å². The van der Waals surface area contributed by atoms with Crippen molar-refractivity contribution in [3.8, 4) is 0 Å². The molecule has 1 heterocycles. The van der Waals surface area contributed by atoms with Crippen molar-refractivity contribution in [2.24, 2.45) is 0 Å². The van der Waals surface area contributed by atoms with Gasteiger partial charge in [0.1, 0.15) is 0 Å². The average molecular weight is 297 g/mol. The summed E-state index contributed by atoms with van der Waals surface area (Å²) in [7, 11) is 1.88. The molecule has 1 atom stereocenters. The maximum atomic E-state index is 12.8. The minimum absolute atomic E-state index is 0.0151. The maximum absolute atomic E-state index is 12.8. The number of rotatable bonds is 4. The standard InChI is InChI=1S/C18H23N3O/c1-13(2)21-12-14(10-19-21)11-20(3)18(22)17-9-8-15-6-4-5-7-16(15)17/h4-7,10,12-13,17H,8-9,11H2,1-3H3/t17-/m1/s1. The first kappa shape index (κ1) is 14.8. The molecule has 1 aromatic heterocycles. The number of nitrogens with zero attached hydrogens (tertiary/aromatic N) is 3. The first-order valence-electron chi connectivity index (χ1n) is 7.92. The van der Waals surface area contributed by atoms with Gasteiger partial charge in [0, 0.05) is 31.4 Å². The molecule has 0 radical (unpaired) electrons. The van der Waals surface area contributed by atoms with E-state index in [9.17, 15) is 4.79 Å². The van der Waals surface area contributed by atoms with Crippen molar-refractivity contribution in [2.45, 2.75) is 45.2 Å². The summed E-state index contributed by atoms with van der Waals surface area (Å²) in [6, 6.07) is 8.65. The second-order valence-corrected chi connectivity index (χ2v) is 6.41. The molecule has 1 amide bonds. The van der Waals surface area contributed by atoms with Gasteiger partial charge in [0.05, 0.1) is 12.1 Å². The first-order valence-corrected chi connectivity index (χ1v) is 7.92. The van der Waals surface area contributed by atoms with E-state index in [2.05, 4.69) is 37.1 Å². The maximum Gasteiger partial charge on any atom is 0.230 e. The van der Waals surface area contributed by atoms with Crippen molar-refractivity contribution in [2.75, 3.05) is 7.05 Å². The number of fused-ring (bicyclic) bond motifs is 1. The Balaban J connectivity index is 1.70. The summed E-state index contributed by atoms with van der Waals surface area (Å²) >= 11 is 0. The number of aromatic nitrogens is 2. The number of hydrogen-bond donors (Lipinski definition) is 0. The Kier molecular flexibility index (Phi) is 4.01. The Morgan fingerprint density at radius 2 is 2.18 bits per heavy atom. The van der Waals surface area contributed by atoms with Crippen LogP contribution >= 0.6 is 0 Å². The van der Waals surface area contributed by atoms with Gasteiger partial charge in [-0.15, -0.1) is 0 Å². The van der Waals surface area contributed by atoms with Crippen LogP contribution in [0.4, 0.5) is 0 Å². The second kappa shape index (κ2) is 5.95. The highest BCUT2D eigenvalue weighted by molar-refractivity contribution is 5.84. The lowest BCUT2D eigenvalue weighted by molar-refractivity contribution is -0.132. The largest absolute Gasteiger partial charge is 0.341 e. The Hall–Kier alpha value is -2.10. The Morgan fingerprint density at radius 1 is 1.41 bits per heavy atom. The number of carbonyl (C=O) groups is 1. The molecule has 4 heteroatoms. The molecule has 4 nitrogen and oxygen atoms in total. The normalized spacial score (nSPS) is 16.8. The fourth-order valence-electron chi connectivity index (χ4n) is 3.17. The Bertz CT molecular complexity index is 674. The van der Waals surface area contributed by atoms with Crippen molar-refractivity contribution < 1.29 is 4.79 Å². The topological polar surface area (TPSA) is 38.1 Å². The molecular formula is C18H23N3O. The van der Waals surface area contributed by atoms with E-state index in [1.165, 1.54) is 11.1 Å². The van der Waals surface area contributed by atoms with Crippen LogP contribution < -0.4 is 0 Å². The highest BCUT2D eigenvalue weighted by atomic mass is 16.2. The van der Waals surface area contributed by atoms with E-state index >= 15 is 0 Å². The molecule has 3 rings (SSSR count). The Labute approximate surface area is 131 Å². The zero-order chi connectivity index (χ0) is 15.7. The van der Waals surface area contributed by atoms with Gasteiger partial charge in [-0.2, -0.15) is 5.10 Å². The van der Waals surface area contributed by atoms with Gasteiger partial charge in [0.2, 0.25) is 5.91 Å². The van der Waals surface area contributed by atoms with Crippen molar-refractivity contribution >= 4 is 5.91 Å². The molecule has 1 aliphatic carbocycles. The predicted molar refractivity (Wildman–Crippen MR) is 86.6 cm³/mol. The molecule has 0 spiro atoms. The molecule has 0 bridgehead atoms. The molecule has 0 N–H and O–H groups in total. The van der Waals surface area contributed by atoms with Gasteiger partial charge in [-0.3, -0.25) is 9.48 Å². The van der Waals surface area contributed by atoms with Gasteiger partial charge in [-0.1, -0.05) is 24.3 Å². The smallest absolute Gasteiger partial charge is 0.230 e. The number of aryl methyl sites for hydroxylation is 1. The molecule has 2 aromatic rings. The molecule has 0 saturated heterocycles. The number of benzene rings is 1. The van der Waals surface area contributed by atoms with E-state index in [0.29, 0.717) is 12.6 Å². The fraction of sp³-hybridized carbons (Fsp3) is 0.444. The van der Waals surface area contributed by atoms with Crippen LogP contribution in [-0.4, -0.2) is 27.6 Å². The Morgan fingerprint density at radius 3 is 2.91 bits per heavy atom. The predicted octanol–water partition coefficient (Wildman–Crippen LogP) is 3.15. The minimum atomic E-state index is 0.0151. The third-order valence-corrected chi connectivity index (χ3v) is 4.41. The summed E-state index contributed by atoms with van der Waals surface area (Å²) in [5.41, 5.74) is 3.61. The van der Waals surface area contributed by atoms with E-state index in [1.807, 2.05) is 35.1 Å². The highest BCUT2D eigenvalue weighted by Crippen LogP contribution is 2.34. The van der Waals surface area contributed by atoms with E-state index in [0.717, 1.165) is 18.4 Å². The summed E-state index contributed by atoms with van der Waals surface area (Å²) in [4.78, 5) is 14.6. The molecule has 116 valence electrons. The molecule has 0 aliphatic heterocycles. The van der Waals surface area contributed by atoms with E-state index < -0.39 is 0 Å². The second-order valence-electron chi connectivity index (χ2n) is 6.41. The van der Waals surface area contributed by atoms with Gasteiger partial charge in [0.15, 0.2) is 0 Å². The van der Waals surface area contributed by atoms with Crippen LogP contribution in [-0.2, 0) is 17.8 Å². The molecule has 0 fully saturated rings. The highest BCUT2D eigenvalue weighted by Gasteiger charge is 2.30. The molecule has 1 aliphatic rings. The summed E-state index contributed by atoms with van der Waals surface area (Å²) in [5.74, 6) is 0.226. The third-order valence-electron chi connectivity index (χ3n) is 4.41. The van der Waals surface area contributed by atoms with Crippen molar-refractivity contribution in [3.05, 3.63) is 53.3 Å². The van der Waals surface area contributed by atoms with Gasteiger partial charge in [-0.25, -0.2) is 0 Å². The average Bonchev–Trinajstić information content (AvgIpc) is 3.13. The summed E-state index contributed by atoms with van der Waals surface area (Å²) in [6.45, 7) is 4.81. The lowest BCUT2D eigenvalue weighted by atomic mass is 10.00. The lowest BCUT2D eigenvalue weighted by Crippen LogP contribution is -2.30. The SMILES string of the molecule is CC(C)n1cc(CN(C)C(=O)[C@@H]2CCc3ccccc32)cn1. The van der Waals surface area contributed by atoms with Crippen LogP contribution in [0.3, 0.4) is 0 Å². The van der Waals surface area contributed by atoms with E-state index in [4.69, 9.17) is 0 Å². The van der Waals surface area contributed by atoms with Crippen molar-refractivity contribution in [3.63, 3.8) is 0 Å². The van der Waals surface area contributed by atoms with Crippen LogP contribution in [0, 0.1) is 0 Å². The minimum Gasteiger partial charge on any atom is -0.341 e. The fourth-order valence-corrected chi connectivity index (χ4v) is 3.17. The number of carbonyl (C=O) groups excluding carboxylic acids is 1.